The summed E-state index contributed by atoms with van der Waals surface area (Å²) in [7, 11) is 0. The molecule has 0 unspecified atom stereocenters. The first-order chi connectivity index (χ1) is 7.93. The molecular weight excluding hydrogens is 202 g/mol. The van der Waals surface area contributed by atoms with E-state index in [4.69, 9.17) is 4.42 Å². The fourth-order valence-electron chi connectivity index (χ4n) is 2.35. The van der Waals surface area contributed by atoms with Crippen molar-refractivity contribution in [3.63, 3.8) is 0 Å². The molecule has 0 aromatic carbocycles. The van der Waals surface area contributed by atoms with Crippen LogP contribution in [0.2, 0.25) is 0 Å². The number of aromatic amines is 1. The van der Waals surface area contributed by atoms with Gasteiger partial charge in [-0.2, -0.15) is 5.10 Å². The van der Waals surface area contributed by atoms with Crippen LogP contribution in [0.4, 0.5) is 0 Å². The standard InChI is InChI=1S/C12H15N3O/c1-2-5-9(6-3-1)11-13-12(15-14-11)10-7-4-8-16-10/h4,7-9H,1-3,5-6H2,(H,13,14,15). The van der Waals surface area contributed by atoms with E-state index in [2.05, 4.69) is 15.2 Å². The molecular formula is C12H15N3O. The van der Waals surface area contributed by atoms with E-state index >= 15 is 0 Å². The molecule has 84 valence electrons. The molecule has 3 rings (SSSR count). The summed E-state index contributed by atoms with van der Waals surface area (Å²) in [5.74, 6) is 2.99. The van der Waals surface area contributed by atoms with Gasteiger partial charge in [0.2, 0.25) is 5.82 Å². The van der Waals surface area contributed by atoms with Gasteiger partial charge in [0.15, 0.2) is 5.76 Å². The molecule has 1 aliphatic carbocycles. The van der Waals surface area contributed by atoms with Crippen molar-refractivity contribution in [2.24, 2.45) is 0 Å². The number of rotatable bonds is 2. The Kier molecular flexibility index (Phi) is 2.48. The lowest BCUT2D eigenvalue weighted by molar-refractivity contribution is 0.429. The number of furan rings is 1. The van der Waals surface area contributed by atoms with Crippen LogP contribution in [-0.2, 0) is 0 Å². The molecule has 0 amide bonds. The first-order valence-corrected chi connectivity index (χ1v) is 5.89. The molecule has 2 aromatic heterocycles. The maximum absolute atomic E-state index is 5.28. The molecule has 1 saturated carbocycles. The van der Waals surface area contributed by atoms with Crippen LogP contribution in [0.15, 0.2) is 22.8 Å². The number of nitrogens with zero attached hydrogens (tertiary/aromatic N) is 2. The van der Waals surface area contributed by atoms with Crippen molar-refractivity contribution in [2.45, 2.75) is 38.0 Å². The Morgan fingerprint density at radius 2 is 2.12 bits per heavy atom. The molecule has 0 radical (unpaired) electrons. The summed E-state index contributed by atoms with van der Waals surface area (Å²) in [6.07, 6.45) is 8.07. The zero-order valence-corrected chi connectivity index (χ0v) is 9.15. The van der Waals surface area contributed by atoms with Crippen molar-refractivity contribution >= 4 is 0 Å². The Bertz CT molecular complexity index is 441. The molecule has 1 aliphatic rings. The van der Waals surface area contributed by atoms with Gasteiger partial charge >= 0.3 is 0 Å². The van der Waals surface area contributed by atoms with E-state index < -0.39 is 0 Å². The zero-order valence-electron chi connectivity index (χ0n) is 9.15. The Balaban J connectivity index is 1.82. The number of aromatic nitrogens is 3. The van der Waals surface area contributed by atoms with E-state index in [9.17, 15) is 0 Å². The molecule has 2 heterocycles. The van der Waals surface area contributed by atoms with Gasteiger partial charge in [-0.25, -0.2) is 4.98 Å². The third kappa shape index (κ3) is 1.75. The monoisotopic (exact) mass is 217 g/mol. The van der Waals surface area contributed by atoms with Gasteiger partial charge in [-0.15, -0.1) is 0 Å². The first kappa shape index (κ1) is 9.63. The van der Waals surface area contributed by atoms with E-state index in [0.29, 0.717) is 11.7 Å². The second-order valence-electron chi connectivity index (χ2n) is 4.36. The van der Waals surface area contributed by atoms with Crippen molar-refractivity contribution in [2.75, 3.05) is 0 Å². The van der Waals surface area contributed by atoms with E-state index in [0.717, 1.165) is 11.6 Å². The van der Waals surface area contributed by atoms with E-state index in [1.807, 2.05) is 12.1 Å². The van der Waals surface area contributed by atoms with Crippen LogP contribution < -0.4 is 0 Å². The molecule has 0 atom stereocenters. The van der Waals surface area contributed by atoms with Crippen molar-refractivity contribution in [3.05, 3.63) is 24.2 Å². The quantitative estimate of drug-likeness (QED) is 0.840. The highest BCUT2D eigenvalue weighted by atomic mass is 16.3. The lowest BCUT2D eigenvalue weighted by Gasteiger charge is -2.18. The lowest BCUT2D eigenvalue weighted by Crippen LogP contribution is -2.06. The highest BCUT2D eigenvalue weighted by Crippen LogP contribution is 2.31. The summed E-state index contributed by atoms with van der Waals surface area (Å²) in [6.45, 7) is 0. The second kappa shape index (κ2) is 4.12. The van der Waals surface area contributed by atoms with Gasteiger partial charge in [0.05, 0.1) is 6.26 Å². The van der Waals surface area contributed by atoms with Crippen LogP contribution in [0.1, 0.15) is 43.8 Å². The van der Waals surface area contributed by atoms with Crippen LogP contribution in [0.25, 0.3) is 11.6 Å². The van der Waals surface area contributed by atoms with Crippen molar-refractivity contribution < 1.29 is 4.42 Å². The molecule has 16 heavy (non-hydrogen) atoms. The Morgan fingerprint density at radius 1 is 1.25 bits per heavy atom. The molecule has 4 nitrogen and oxygen atoms in total. The third-order valence-electron chi connectivity index (χ3n) is 3.24. The molecule has 4 heteroatoms. The van der Waals surface area contributed by atoms with Crippen LogP contribution >= 0.6 is 0 Å². The highest BCUT2D eigenvalue weighted by molar-refractivity contribution is 5.45. The molecule has 2 aromatic rings. The van der Waals surface area contributed by atoms with Crippen LogP contribution in [-0.4, -0.2) is 15.2 Å². The maximum atomic E-state index is 5.28. The number of nitrogens with one attached hydrogen (secondary N) is 1. The van der Waals surface area contributed by atoms with Gasteiger partial charge in [0, 0.05) is 5.92 Å². The van der Waals surface area contributed by atoms with Gasteiger partial charge in [-0.05, 0) is 25.0 Å². The predicted molar refractivity (Wildman–Crippen MR) is 59.9 cm³/mol. The van der Waals surface area contributed by atoms with E-state index in [1.165, 1.54) is 32.1 Å². The van der Waals surface area contributed by atoms with Crippen LogP contribution in [0.3, 0.4) is 0 Å². The van der Waals surface area contributed by atoms with Crippen molar-refractivity contribution in [1.29, 1.82) is 0 Å². The summed E-state index contributed by atoms with van der Waals surface area (Å²) in [5, 5.41) is 7.25. The Hall–Kier alpha value is -1.58. The Morgan fingerprint density at radius 3 is 2.88 bits per heavy atom. The van der Waals surface area contributed by atoms with Gasteiger partial charge in [0.1, 0.15) is 5.82 Å². The smallest absolute Gasteiger partial charge is 0.216 e. The van der Waals surface area contributed by atoms with Crippen LogP contribution in [0, 0.1) is 0 Å². The largest absolute Gasteiger partial charge is 0.461 e. The summed E-state index contributed by atoms with van der Waals surface area (Å²) in [5.41, 5.74) is 0. The predicted octanol–water partition coefficient (Wildman–Crippen LogP) is 3.11. The first-order valence-electron chi connectivity index (χ1n) is 5.89. The van der Waals surface area contributed by atoms with Gasteiger partial charge in [0.25, 0.3) is 0 Å². The second-order valence-corrected chi connectivity index (χ2v) is 4.36. The summed E-state index contributed by atoms with van der Waals surface area (Å²) >= 11 is 0. The van der Waals surface area contributed by atoms with Gasteiger partial charge in [-0.3, -0.25) is 5.10 Å². The normalized spacial score (nSPS) is 17.8. The van der Waals surface area contributed by atoms with Crippen molar-refractivity contribution in [1.82, 2.24) is 15.2 Å². The molecule has 1 fully saturated rings. The third-order valence-corrected chi connectivity index (χ3v) is 3.24. The zero-order chi connectivity index (χ0) is 10.8. The van der Waals surface area contributed by atoms with Crippen molar-refractivity contribution in [3.8, 4) is 11.6 Å². The minimum atomic E-state index is 0.560. The molecule has 0 saturated heterocycles. The van der Waals surface area contributed by atoms with Gasteiger partial charge in [-0.1, -0.05) is 19.3 Å². The lowest BCUT2D eigenvalue weighted by atomic mass is 9.89. The summed E-state index contributed by atoms with van der Waals surface area (Å²) in [6, 6.07) is 3.74. The fourth-order valence-corrected chi connectivity index (χ4v) is 2.35. The van der Waals surface area contributed by atoms with Gasteiger partial charge < -0.3 is 4.42 Å². The van der Waals surface area contributed by atoms with Crippen LogP contribution in [0.5, 0.6) is 0 Å². The Labute approximate surface area is 94.1 Å². The number of hydrogen-bond acceptors (Lipinski definition) is 3. The molecule has 0 bridgehead atoms. The molecule has 1 N–H and O–H groups in total. The van der Waals surface area contributed by atoms with E-state index in [1.54, 1.807) is 6.26 Å². The highest BCUT2D eigenvalue weighted by Gasteiger charge is 2.19. The average Bonchev–Trinajstić information content (AvgIpc) is 3.01. The number of H-pyrrole nitrogens is 1. The maximum Gasteiger partial charge on any atom is 0.216 e. The van der Waals surface area contributed by atoms with E-state index in [-0.39, 0.29) is 0 Å². The molecule has 0 spiro atoms. The molecule has 0 aliphatic heterocycles. The minimum absolute atomic E-state index is 0.560. The average molecular weight is 217 g/mol. The minimum Gasteiger partial charge on any atom is -0.461 e. The summed E-state index contributed by atoms with van der Waals surface area (Å²) in [4.78, 5) is 4.52. The topological polar surface area (TPSA) is 54.7 Å². The SMILES string of the molecule is c1coc(-c2n[nH]c(C3CCCCC3)n2)c1. The fraction of sp³-hybridized carbons (Fsp3) is 0.500. The summed E-state index contributed by atoms with van der Waals surface area (Å²) < 4.78 is 5.28. The number of hydrogen-bond donors (Lipinski definition) is 1.